The Bertz CT molecular complexity index is 806. The Morgan fingerprint density at radius 2 is 1.88 bits per heavy atom. The lowest BCUT2D eigenvalue weighted by Crippen LogP contribution is -2.30. The molecule has 8 heteroatoms. The summed E-state index contributed by atoms with van der Waals surface area (Å²) in [5.41, 5.74) is -0.196. The predicted molar refractivity (Wildman–Crippen MR) is 88.2 cm³/mol. The summed E-state index contributed by atoms with van der Waals surface area (Å²) in [4.78, 5) is 28.0. The van der Waals surface area contributed by atoms with Gasteiger partial charge in [0.15, 0.2) is 12.4 Å². The van der Waals surface area contributed by atoms with Crippen LogP contribution in [0.3, 0.4) is 0 Å². The topological polar surface area (TPSA) is 102 Å². The van der Waals surface area contributed by atoms with Crippen molar-refractivity contribution in [3.8, 4) is 0 Å². The van der Waals surface area contributed by atoms with Gasteiger partial charge >= 0.3 is 5.97 Å². The second kappa shape index (κ2) is 6.35. The van der Waals surface area contributed by atoms with E-state index in [1.807, 2.05) is 0 Å². The molecule has 1 heterocycles. The van der Waals surface area contributed by atoms with Crippen LogP contribution in [0.4, 0.5) is 0 Å². The summed E-state index contributed by atoms with van der Waals surface area (Å²) in [6, 6.07) is 5.41. The molecular formula is C16H20N2O5S. The van der Waals surface area contributed by atoms with Crippen LogP contribution in [0.15, 0.2) is 34.2 Å². The standard InChI is InChI=1S/C16H20N2O5S/c1-10(15(20)23-9-13(19)16(2,3)4)17-14-11-7-5-6-8-12(11)24(21,22)18-14/h5-8,10H,9H2,1-4H3,(H,17,18)/t10-/m0/s1. The SMILES string of the molecule is C[C@H](N=C1NS(=O)(=O)c2ccccc21)C(=O)OCC(=O)C(C)(C)C. The van der Waals surface area contributed by atoms with Crippen LogP contribution in [0.25, 0.3) is 0 Å². The van der Waals surface area contributed by atoms with Gasteiger partial charge in [0.1, 0.15) is 11.9 Å². The minimum Gasteiger partial charge on any atom is -0.456 e. The Hall–Kier alpha value is -2.22. The second-order valence-electron chi connectivity index (χ2n) is 6.54. The average molecular weight is 352 g/mol. The average Bonchev–Trinajstić information content (AvgIpc) is 2.75. The van der Waals surface area contributed by atoms with E-state index in [-0.39, 0.29) is 23.1 Å². The van der Waals surface area contributed by atoms with E-state index in [4.69, 9.17) is 4.74 Å². The van der Waals surface area contributed by atoms with Gasteiger partial charge in [0.05, 0.1) is 4.90 Å². The monoisotopic (exact) mass is 352 g/mol. The first kappa shape index (κ1) is 18.1. The molecule has 0 amide bonds. The molecule has 0 unspecified atom stereocenters. The molecule has 0 saturated carbocycles. The summed E-state index contributed by atoms with van der Waals surface area (Å²) in [7, 11) is -3.66. The van der Waals surface area contributed by atoms with Crippen LogP contribution in [0, 0.1) is 5.41 Å². The van der Waals surface area contributed by atoms with Crippen molar-refractivity contribution in [3.05, 3.63) is 29.8 Å². The van der Waals surface area contributed by atoms with E-state index >= 15 is 0 Å². The molecule has 0 radical (unpaired) electrons. The summed E-state index contributed by atoms with van der Waals surface area (Å²) in [6.07, 6.45) is 0. The molecule has 0 aromatic heterocycles. The van der Waals surface area contributed by atoms with E-state index in [0.29, 0.717) is 5.56 Å². The smallest absolute Gasteiger partial charge is 0.331 e. The van der Waals surface area contributed by atoms with E-state index in [2.05, 4.69) is 9.71 Å². The van der Waals surface area contributed by atoms with Crippen molar-refractivity contribution in [3.63, 3.8) is 0 Å². The molecule has 0 bridgehead atoms. The summed E-state index contributed by atoms with van der Waals surface area (Å²) in [5, 5.41) is 0. The number of nitrogens with zero attached hydrogens (tertiary/aromatic N) is 1. The number of amidine groups is 1. The highest BCUT2D eigenvalue weighted by molar-refractivity contribution is 7.90. The van der Waals surface area contributed by atoms with Crippen LogP contribution in [-0.4, -0.2) is 38.7 Å². The number of hydrogen-bond donors (Lipinski definition) is 1. The Labute approximate surface area is 141 Å². The second-order valence-corrected chi connectivity index (χ2v) is 8.19. The number of carbonyl (C=O) groups excluding carboxylic acids is 2. The number of benzene rings is 1. The molecule has 7 nitrogen and oxygen atoms in total. The maximum Gasteiger partial charge on any atom is 0.331 e. The number of ether oxygens (including phenoxy) is 1. The van der Waals surface area contributed by atoms with Crippen LogP contribution < -0.4 is 4.72 Å². The maximum absolute atomic E-state index is 12.0. The zero-order valence-corrected chi connectivity index (χ0v) is 14.8. The van der Waals surface area contributed by atoms with Gasteiger partial charge in [0, 0.05) is 11.0 Å². The van der Waals surface area contributed by atoms with Gasteiger partial charge in [-0.3, -0.25) is 14.5 Å². The number of sulfonamides is 1. The van der Waals surface area contributed by atoms with Gasteiger partial charge in [-0.1, -0.05) is 32.9 Å². The van der Waals surface area contributed by atoms with Crippen molar-refractivity contribution in [2.24, 2.45) is 10.4 Å². The van der Waals surface area contributed by atoms with Gasteiger partial charge in [-0.05, 0) is 19.1 Å². The van der Waals surface area contributed by atoms with Gasteiger partial charge in [-0.25, -0.2) is 13.2 Å². The summed E-state index contributed by atoms with van der Waals surface area (Å²) < 4.78 is 31.3. The summed E-state index contributed by atoms with van der Waals surface area (Å²) in [6.45, 7) is 6.34. The van der Waals surface area contributed by atoms with Gasteiger partial charge in [0.2, 0.25) is 0 Å². The first-order valence-corrected chi connectivity index (χ1v) is 8.90. The molecule has 130 valence electrons. The molecule has 1 aliphatic heterocycles. The molecule has 2 rings (SSSR count). The third kappa shape index (κ3) is 3.81. The van der Waals surface area contributed by atoms with E-state index in [1.165, 1.54) is 13.0 Å². The Balaban J connectivity index is 2.12. The molecule has 0 fully saturated rings. The molecule has 1 aromatic rings. The van der Waals surface area contributed by atoms with Crippen LogP contribution in [0.2, 0.25) is 0 Å². The molecule has 24 heavy (non-hydrogen) atoms. The fourth-order valence-corrected chi connectivity index (χ4v) is 3.19. The summed E-state index contributed by atoms with van der Waals surface area (Å²) in [5.74, 6) is -0.802. The fourth-order valence-electron chi connectivity index (χ4n) is 1.95. The van der Waals surface area contributed by atoms with Crippen LogP contribution in [0.5, 0.6) is 0 Å². The molecule has 1 atom stereocenters. The Kier molecular flexibility index (Phi) is 4.80. The number of fused-ring (bicyclic) bond motifs is 1. The number of ketones is 1. The lowest BCUT2D eigenvalue weighted by atomic mass is 9.91. The van der Waals surface area contributed by atoms with E-state index < -0.39 is 27.4 Å². The van der Waals surface area contributed by atoms with Gasteiger partial charge in [0.25, 0.3) is 10.0 Å². The summed E-state index contributed by atoms with van der Waals surface area (Å²) >= 11 is 0. The fraction of sp³-hybridized carbons (Fsp3) is 0.438. The molecule has 0 saturated heterocycles. The quantitative estimate of drug-likeness (QED) is 0.822. The molecule has 1 N–H and O–H groups in total. The van der Waals surface area contributed by atoms with Gasteiger partial charge < -0.3 is 4.74 Å². The number of rotatable bonds is 4. The van der Waals surface area contributed by atoms with Crippen LogP contribution >= 0.6 is 0 Å². The maximum atomic E-state index is 12.0. The highest BCUT2D eigenvalue weighted by Gasteiger charge is 2.31. The van der Waals surface area contributed by atoms with Crippen LogP contribution in [-0.2, 0) is 24.3 Å². The normalized spacial score (nSPS) is 18.6. The number of nitrogens with one attached hydrogen (secondary N) is 1. The lowest BCUT2D eigenvalue weighted by molar-refractivity contribution is -0.150. The first-order chi connectivity index (χ1) is 11.0. The van der Waals surface area contributed by atoms with Crippen molar-refractivity contribution in [2.75, 3.05) is 6.61 Å². The lowest BCUT2D eigenvalue weighted by Gasteiger charge is -2.16. The number of carbonyl (C=O) groups is 2. The van der Waals surface area contributed by atoms with Crippen molar-refractivity contribution in [1.29, 1.82) is 0 Å². The number of aliphatic imine (C=N–C) groups is 1. The minimum absolute atomic E-state index is 0.0946. The third-order valence-corrected chi connectivity index (χ3v) is 4.91. The number of hydrogen-bond acceptors (Lipinski definition) is 6. The predicted octanol–water partition coefficient (Wildman–Crippen LogP) is 1.27. The van der Waals surface area contributed by atoms with Gasteiger partial charge in [-0.2, -0.15) is 0 Å². The van der Waals surface area contributed by atoms with E-state index in [1.54, 1.807) is 39.0 Å². The third-order valence-electron chi connectivity index (χ3n) is 3.51. The molecular weight excluding hydrogens is 332 g/mol. The highest BCUT2D eigenvalue weighted by atomic mass is 32.2. The molecule has 0 spiro atoms. The van der Waals surface area contributed by atoms with E-state index in [0.717, 1.165) is 0 Å². The minimum atomic E-state index is -3.66. The first-order valence-electron chi connectivity index (χ1n) is 7.42. The largest absolute Gasteiger partial charge is 0.456 e. The highest BCUT2D eigenvalue weighted by Crippen LogP contribution is 2.22. The molecule has 0 aliphatic carbocycles. The van der Waals surface area contributed by atoms with Crippen LogP contribution in [0.1, 0.15) is 33.3 Å². The Morgan fingerprint density at radius 1 is 1.25 bits per heavy atom. The zero-order valence-electron chi connectivity index (χ0n) is 14.0. The number of Topliss-reactive ketones (excluding diaryl/α,β-unsaturated/α-hetero) is 1. The zero-order chi connectivity index (χ0) is 18.1. The van der Waals surface area contributed by atoms with Crippen molar-refractivity contribution < 1.29 is 22.7 Å². The Morgan fingerprint density at radius 3 is 2.50 bits per heavy atom. The van der Waals surface area contributed by atoms with Crippen molar-refractivity contribution >= 4 is 27.6 Å². The van der Waals surface area contributed by atoms with E-state index in [9.17, 15) is 18.0 Å². The van der Waals surface area contributed by atoms with Crippen molar-refractivity contribution in [1.82, 2.24) is 4.72 Å². The molecule has 1 aromatic carbocycles. The van der Waals surface area contributed by atoms with Gasteiger partial charge in [-0.15, -0.1) is 0 Å². The van der Waals surface area contributed by atoms with Crippen molar-refractivity contribution in [2.45, 2.75) is 38.6 Å². The number of esters is 1. The molecule has 1 aliphatic rings.